The number of carbonyl (C=O) groups excluding carboxylic acids is 1. The van der Waals surface area contributed by atoms with Gasteiger partial charge in [-0.15, -0.1) is 22.7 Å². The number of fused-ring (bicyclic) bond motifs is 1. The summed E-state index contributed by atoms with van der Waals surface area (Å²) in [5.74, 6) is -0.618. The fourth-order valence-electron chi connectivity index (χ4n) is 3.05. The van der Waals surface area contributed by atoms with Gasteiger partial charge in [0.1, 0.15) is 10.6 Å². The van der Waals surface area contributed by atoms with Gasteiger partial charge in [0.2, 0.25) is 0 Å². The SMILES string of the molecule is Cc1c(C(=O)NC(c2ccc(F)cc2)c2cccs2)sc2ncn(C)c(=O)c12. The number of hydrogen-bond acceptors (Lipinski definition) is 5. The number of nitrogens with one attached hydrogen (secondary N) is 1. The molecule has 0 aliphatic rings. The minimum atomic E-state index is -0.409. The van der Waals surface area contributed by atoms with Crippen LogP contribution in [0.4, 0.5) is 4.39 Å². The molecule has 5 nitrogen and oxygen atoms in total. The highest BCUT2D eigenvalue weighted by Crippen LogP contribution is 2.30. The number of rotatable bonds is 4. The summed E-state index contributed by atoms with van der Waals surface area (Å²) in [4.78, 5) is 31.7. The molecule has 1 N–H and O–H groups in total. The minimum absolute atomic E-state index is 0.175. The topological polar surface area (TPSA) is 64.0 Å². The minimum Gasteiger partial charge on any atom is -0.340 e. The maximum Gasteiger partial charge on any atom is 0.262 e. The number of thiophene rings is 2. The number of hydrogen-bond donors (Lipinski definition) is 1. The van der Waals surface area contributed by atoms with Gasteiger partial charge in [-0.25, -0.2) is 9.37 Å². The van der Waals surface area contributed by atoms with Gasteiger partial charge in [-0.1, -0.05) is 18.2 Å². The van der Waals surface area contributed by atoms with Crippen LogP contribution in [0.1, 0.15) is 31.7 Å². The van der Waals surface area contributed by atoms with Crippen LogP contribution in [0.15, 0.2) is 52.9 Å². The van der Waals surface area contributed by atoms with Crippen molar-refractivity contribution in [2.45, 2.75) is 13.0 Å². The molecule has 3 heterocycles. The van der Waals surface area contributed by atoms with Crippen molar-refractivity contribution in [2.24, 2.45) is 7.05 Å². The molecule has 28 heavy (non-hydrogen) atoms. The Hall–Kier alpha value is -2.84. The van der Waals surface area contributed by atoms with Crippen molar-refractivity contribution in [1.82, 2.24) is 14.9 Å². The molecular weight excluding hydrogens is 397 g/mol. The van der Waals surface area contributed by atoms with E-state index in [1.807, 2.05) is 17.5 Å². The van der Waals surface area contributed by atoms with Gasteiger partial charge in [0.05, 0.1) is 22.6 Å². The highest BCUT2D eigenvalue weighted by Gasteiger charge is 2.23. The Bertz CT molecular complexity index is 1210. The highest BCUT2D eigenvalue weighted by atomic mass is 32.1. The normalized spacial score (nSPS) is 12.2. The van der Waals surface area contributed by atoms with Gasteiger partial charge in [-0.2, -0.15) is 0 Å². The summed E-state index contributed by atoms with van der Waals surface area (Å²) in [6.45, 7) is 1.76. The van der Waals surface area contributed by atoms with Gasteiger partial charge in [-0.3, -0.25) is 9.59 Å². The number of halogens is 1. The lowest BCUT2D eigenvalue weighted by Gasteiger charge is -2.18. The number of carbonyl (C=O) groups is 1. The second-order valence-electron chi connectivity index (χ2n) is 6.37. The fraction of sp³-hybridized carbons (Fsp3) is 0.150. The van der Waals surface area contributed by atoms with Crippen LogP contribution in [0.3, 0.4) is 0 Å². The van der Waals surface area contributed by atoms with E-state index in [-0.39, 0.29) is 17.3 Å². The molecule has 0 saturated carbocycles. The Morgan fingerprint density at radius 1 is 1.25 bits per heavy atom. The zero-order valence-corrected chi connectivity index (χ0v) is 16.7. The molecule has 1 atom stereocenters. The predicted molar refractivity (Wildman–Crippen MR) is 110 cm³/mol. The first-order valence-electron chi connectivity index (χ1n) is 8.50. The second kappa shape index (κ2) is 7.29. The van der Waals surface area contributed by atoms with E-state index in [2.05, 4.69) is 10.3 Å². The number of amides is 1. The van der Waals surface area contributed by atoms with E-state index >= 15 is 0 Å². The quantitative estimate of drug-likeness (QED) is 0.550. The third-order valence-corrected chi connectivity index (χ3v) is 6.66. The maximum atomic E-state index is 13.3. The van der Waals surface area contributed by atoms with Crippen molar-refractivity contribution in [3.05, 3.63) is 85.2 Å². The molecule has 1 amide bonds. The zero-order chi connectivity index (χ0) is 19.8. The average Bonchev–Trinajstić information content (AvgIpc) is 3.32. The van der Waals surface area contributed by atoms with Crippen LogP contribution < -0.4 is 10.9 Å². The van der Waals surface area contributed by atoms with Crippen molar-refractivity contribution in [3.63, 3.8) is 0 Å². The molecule has 0 saturated heterocycles. The lowest BCUT2D eigenvalue weighted by atomic mass is 10.0. The molecule has 0 spiro atoms. The predicted octanol–water partition coefficient (Wildman–Crippen LogP) is 4.02. The van der Waals surface area contributed by atoms with Gasteiger partial charge in [0.15, 0.2) is 0 Å². The van der Waals surface area contributed by atoms with Crippen molar-refractivity contribution in [2.75, 3.05) is 0 Å². The molecule has 0 fully saturated rings. The Morgan fingerprint density at radius 3 is 2.68 bits per heavy atom. The molecule has 0 aliphatic carbocycles. The molecule has 8 heteroatoms. The Kier molecular flexibility index (Phi) is 4.82. The first-order valence-corrected chi connectivity index (χ1v) is 10.2. The third-order valence-electron chi connectivity index (χ3n) is 4.52. The van der Waals surface area contributed by atoms with Crippen LogP contribution in [-0.4, -0.2) is 15.5 Å². The number of aromatic nitrogens is 2. The van der Waals surface area contributed by atoms with Gasteiger partial charge in [-0.05, 0) is 41.6 Å². The molecule has 0 bridgehead atoms. The van der Waals surface area contributed by atoms with Crippen molar-refractivity contribution >= 4 is 38.8 Å². The van der Waals surface area contributed by atoms with E-state index in [0.29, 0.717) is 20.7 Å². The molecule has 142 valence electrons. The van der Waals surface area contributed by atoms with Crippen molar-refractivity contribution in [3.8, 4) is 0 Å². The number of benzene rings is 1. The van der Waals surface area contributed by atoms with Crippen LogP contribution >= 0.6 is 22.7 Å². The molecule has 3 aromatic heterocycles. The maximum absolute atomic E-state index is 13.3. The van der Waals surface area contributed by atoms with E-state index in [1.165, 1.54) is 45.7 Å². The molecule has 4 aromatic rings. The van der Waals surface area contributed by atoms with E-state index < -0.39 is 6.04 Å². The summed E-state index contributed by atoms with van der Waals surface area (Å²) in [7, 11) is 1.63. The van der Waals surface area contributed by atoms with Gasteiger partial charge < -0.3 is 9.88 Å². The van der Waals surface area contributed by atoms with Crippen LogP contribution in [-0.2, 0) is 7.05 Å². The van der Waals surface area contributed by atoms with E-state index in [9.17, 15) is 14.0 Å². The van der Waals surface area contributed by atoms with Crippen LogP contribution in [0.5, 0.6) is 0 Å². The van der Waals surface area contributed by atoms with Crippen LogP contribution in [0.2, 0.25) is 0 Å². The largest absolute Gasteiger partial charge is 0.340 e. The molecule has 4 rings (SSSR count). The monoisotopic (exact) mass is 413 g/mol. The summed E-state index contributed by atoms with van der Waals surface area (Å²) in [6, 6.07) is 9.49. The molecular formula is C20H16FN3O2S2. The smallest absolute Gasteiger partial charge is 0.262 e. The summed E-state index contributed by atoms with van der Waals surface area (Å²) in [5, 5.41) is 5.42. The Labute approximate surface area is 168 Å². The average molecular weight is 413 g/mol. The lowest BCUT2D eigenvalue weighted by molar-refractivity contribution is 0.0947. The van der Waals surface area contributed by atoms with Crippen molar-refractivity contribution < 1.29 is 9.18 Å². The summed E-state index contributed by atoms with van der Waals surface area (Å²) in [6.07, 6.45) is 1.45. The van der Waals surface area contributed by atoms with Crippen LogP contribution in [0.25, 0.3) is 10.2 Å². The summed E-state index contributed by atoms with van der Waals surface area (Å²) >= 11 is 2.71. The zero-order valence-electron chi connectivity index (χ0n) is 15.1. The van der Waals surface area contributed by atoms with Gasteiger partial charge in [0, 0.05) is 11.9 Å². The van der Waals surface area contributed by atoms with Crippen molar-refractivity contribution in [1.29, 1.82) is 0 Å². The molecule has 1 aromatic carbocycles. The molecule has 1 unspecified atom stereocenters. The number of aryl methyl sites for hydroxylation is 2. The van der Waals surface area contributed by atoms with E-state index in [0.717, 1.165) is 10.4 Å². The van der Waals surface area contributed by atoms with E-state index in [4.69, 9.17) is 0 Å². The molecule has 0 radical (unpaired) electrons. The summed E-state index contributed by atoms with van der Waals surface area (Å²) in [5.41, 5.74) is 1.23. The standard InChI is InChI=1S/C20H16FN3O2S2/c1-11-15-19(22-10-24(2)20(15)26)28-17(11)18(25)23-16(14-4-3-9-27-14)12-5-7-13(21)8-6-12/h3-10,16H,1-2H3,(H,23,25). The first kappa shape index (κ1) is 18.5. The Balaban J connectivity index is 1.74. The third kappa shape index (κ3) is 3.25. The fourth-order valence-corrected chi connectivity index (χ4v) is 4.90. The van der Waals surface area contributed by atoms with Gasteiger partial charge >= 0.3 is 0 Å². The highest BCUT2D eigenvalue weighted by molar-refractivity contribution is 7.20. The Morgan fingerprint density at radius 2 is 2.00 bits per heavy atom. The number of nitrogens with zero attached hydrogens (tertiary/aromatic N) is 2. The lowest BCUT2D eigenvalue weighted by Crippen LogP contribution is -2.28. The molecule has 0 aliphatic heterocycles. The van der Waals surface area contributed by atoms with Gasteiger partial charge in [0.25, 0.3) is 11.5 Å². The van der Waals surface area contributed by atoms with Crippen LogP contribution in [0, 0.1) is 12.7 Å². The first-order chi connectivity index (χ1) is 13.5. The summed E-state index contributed by atoms with van der Waals surface area (Å²) < 4.78 is 14.7. The van der Waals surface area contributed by atoms with E-state index in [1.54, 1.807) is 26.1 Å². The second-order valence-corrected chi connectivity index (χ2v) is 8.35.